The van der Waals surface area contributed by atoms with E-state index in [-0.39, 0.29) is 0 Å². The molecule has 17 rings (SSSR count). The van der Waals surface area contributed by atoms with Crippen LogP contribution in [0.2, 0.25) is 0 Å². The van der Waals surface area contributed by atoms with E-state index in [0.29, 0.717) is 17.5 Å². The van der Waals surface area contributed by atoms with Crippen molar-refractivity contribution in [2.75, 3.05) is 0 Å². The van der Waals surface area contributed by atoms with Crippen LogP contribution in [-0.4, -0.2) is 28.7 Å². The molecule has 87 heavy (non-hydrogen) atoms. The summed E-state index contributed by atoms with van der Waals surface area (Å²) >= 11 is 0. The van der Waals surface area contributed by atoms with Gasteiger partial charge in [-0.25, -0.2) is 15.0 Å². The van der Waals surface area contributed by atoms with Crippen molar-refractivity contribution in [3.05, 3.63) is 315 Å². The average Bonchev–Trinajstić information content (AvgIpc) is 2.56. The van der Waals surface area contributed by atoms with Gasteiger partial charge in [0.25, 0.3) is 0 Å². The molecule has 6 nitrogen and oxygen atoms in total. The summed E-state index contributed by atoms with van der Waals surface area (Å²) in [6.07, 6.45) is 0. The highest BCUT2D eigenvalue weighted by Crippen LogP contribution is 2.47. The number of hydrogen-bond acceptors (Lipinski definition) is 3. The fourth-order valence-corrected chi connectivity index (χ4v) is 13.3. The molecule has 0 bridgehead atoms. The van der Waals surface area contributed by atoms with Crippen LogP contribution in [0.4, 0.5) is 0 Å². The van der Waals surface area contributed by atoms with Gasteiger partial charge in [0.2, 0.25) is 0 Å². The van der Waals surface area contributed by atoms with Gasteiger partial charge in [-0.15, -0.1) is 0 Å². The van der Waals surface area contributed by atoms with Crippen molar-refractivity contribution in [3.63, 3.8) is 0 Å². The third-order valence-electron chi connectivity index (χ3n) is 17.3. The first-order valence-electron chi connectivity index (χ1n) is 29.6. The van der Waals surface area contributed by atoms with E-state index in [1.807, 2.05) is 36.4 Å². The first-order chi connectivity index (χ1) is 43.1. The highest BCUT2D eigenvalue weighted by Gasteiger charge is 2.26. The van der Waals surface area contributed by atoms with E-state index < -0.39 is 0 Å². The van der Waals surface area contributed by atoms with E-state index in [9.17, 15) is 0 Å². The number of para-hydroxylation sites is 4. The van der Waals surface area contributed by atoms with Crippen LogP contribution < -0.4 is 0 Å². The molecule has 0 fully saturated rings. The van der Waals surface area contributed by atoms with Gasteiger partial charge in [-0.2, -0.15) is 0 Å². The molecule has 0 radical (unpaired) electrons. The first kappa shape index (κ1) is 49.8. The highest BCUT2D eigenvalue weighted by atomic mass is 15.0. The number of benzene rings is 13. The molecule has 0 atom stereocenters. The Morgan fingerprint density at radius 1 is 0.184 bits per heavy atom. The lowest BCUT2D eigenvalue weighted by Gasteiger charge is -2.22. The Hall–Kier alpha value is -11.7. The Morgan fingerprint density at radius 3 is 0.874 bits per heavy atom. The van der Waals surface area contributed by atoms with Gasteiger partial charge in [0, 0.05) is 71.5 Å². The number of nitrogens with zero attached hydrogens (tertiary/aromatic N) is 6. The second-order valence-electron chi connectivity index (χ2n) is 22.3. The van der Waals surface area contributed by atoms with Crippen LogP contribution >= 0.6 is 0 Å². The quantitative estimate of drug-likeness (QED) is 0.137. The zero-order valence-electron chi connectivity index (χ0n) is 47.2. The lowest BCUT2D eigenvalue weighted by atomic mass is 9.92. The van der Waals surface area contributed by atoms with Gasteiger partial charge in [-0.1, -0.05) is 231 Å². The molecule has 0 amide bonds. The van der Waals surface area contributed by atoms with Gasteiger partial charge in [-0.05, 0) is 118 Å². The second-order valence-corrected chi connectivity index (χ2v) is 22.3. The Kier molecular flexibility index (Phi) is 11.8. The van der Waals surface area contributed by atoms with Crippen molar-refractivity contribution in [1.29, 1.82) is 0 Å². The number of aromatic nitrogens is 6. The van der Waals surface area contributed by atoms with E-state index in [4.69, 9.17) is 15.0 Å². The summed E-state index contributed by atoms with van der Waals surface area (Å²) in [5.41, 5.74) is 21.2. The number of rotatable bonds is 10. The minimum atomic E-state index is 0.566. The molecule has 0 saturated heterocycles. The largest absolute Gasteiger partial charge is 0.309 e. The average molecular weight is 1110 g/mol. The zero-order valence-corrected chi connectivity index (χ0v) is 47.2. The predicted molar refractivity (Wildman–Crippen MR) is 361 cm³/mol. The Bertz CT molecular complexity index is 5070. The van der Waals surface area contributed by atoms with Crippen molar-refractivity contribution in [2.24, 2.45) is 0 Å². The monoisotopic (exact) mass is 1110 g/mol. The molecule has 0 aliphatic heterocycles. The van der Waals surface area contributed by atoms with Gasteiger partial charge in [-0.3, -0.25) is 0 Å². The molecular weight excluding hydrogens is 1060 g/mol. The SMILES string of the molecule is c1ccc(-c2ccc3c(c2)c2cc(-c4ccccc4)ccc2n3-c2c(-c3cccc(-n4c5ccccc5c5ccccc54)c3)cc(-c3nc(-c4ccccc4)nc(-c4ccccc4)n3)cc2-c2cccc(-n3c4ccccc4c4ccccc43)c2)cc1. The molecule has 4 aromatic heterocycles. The van der Waals surface area contributed by atoms with E-state index in [1.165, 1.54) is 21.5 Å². The van der Waals surface area contributed by atoms with Crippen LogP contribution in [-0.2, 0) is 0 Å². The molecule has 0 aliphatic carbocycles. The maximum atomic E-state index is 5.45. The minimum absolute atomic E-state index is 0.566. The smallest absolute Gasteiger partial charge is 0.164 e. The molecule has 13 aromatic carbocycles. The lowest BCUT2D eigenvalue weighted by molar-refractivity contribution is 1.07. The molecule has 0 saturated carbocycles. The molecule has 406 valence electrons. The van der Waals surface area contributed by atoms with Crippen molar-refractivity contribution >= 4 is 65.4 Å². The van der Waals surface area contributed by atoms with Gasteiger partial charge >= 0.3 is 0 Å². The maximum absolute atomic E-state index is 5.45. The minimum Gasteiger partial charge on any atom is -0.309 e. The molecule has 0 N–H and O–H groups in total. The van der Waals surface area contributed by atoms with Gasteiger partial charge < -0.3 is 13.7 Å². The van der Waals surface area contributed by atoms with Crippen molar-refractivity contribution in [1.82, 2.24) is 28.7 Å². The van der Waals surface area contributed by atoms with Crippen LogP contribution in [0.5, 0.6) is 0 Å². The Morgan fingerprint density at radius 2 is 0.494 bits per heavy atom. The predicted octanol–water partition coefficient (Wildman–Crippen LogP) is 20.8. The number of hydrogen-bond donors (Lipinski definition) is 0. The summed E-state index contributed by atoms with van der Waals surface area (Å²) in [4.78, 5) is 16.1. The van der Waals surface area contributed by atoms with E-state index in [1.54, 1.807) is 0 Å². The van der Waals surface area contributed by atoms with Crippen LogP contribution in [0.15, 0.2) is 315 Å². The second kappa shape index (κ2) is 20.6. The van der Waals surface area contributed by atoms with Crippen LogP contribution in [0.25, 0.3) is 161 Å². The van der Waals surface area contributed by atoms with Crippen LogP contribution in [0.3, 0.4) is 0 Å². The maximum Gasteiger partial charge on any atom is 0.164 e. The molecule has 0 unspecified atom stereocenters. The molecule has 17 aromatic rings. The van der Waals surface area contributed by atoms with E-state index >= 15 is 0 Å². The van der Waals surface area contributed by atoms with Gasteiger partial charge in [0.15, 0.2) is 17.5 Å². The Labute approximate surface area is 502 Å². The molecular formula is C81H52N6. The summed E-state index contributed by atoms with van der Waals surface area (Å²) in [6, 6.07) is 114. The first-order valence-corrected chi connectivity index (χ1v) is 29.6. The molecule has 0 spiro atoms. The van der Waals surface area contributed by atoms with Crippen LogP contribution in [0.1, 0.15) is 0 Å². The van der Waals surface area contributed by atoms with Crippen LogP contribution in [0, 0.1) is 0 Å². The van der Waals surface area contributed by atoms with Crippen molar-refractivity contribution in [2.45, 2.75) is 0 Å². The molecule has 4 heterocycles. The summed E-state index contributed by atoms with van der Waals surface area (Å²) in [5, 5.41) is 7.14. The summed E-state index contributed by atoms with van der Waals surface area (Å²) < 4.78 is 7.35. The lowest BCUT2D eigenvalue weighted by Crippen LogP contribution is -2.05. The summed E-state index contributed by atoms with van der Waals surface area (Å²) in [5.74, 6) is 1.76. The third-order valence-corrected chi connectivity index (χ3v) is 17.3. The highest BCUT2D eigenvalue weighted by molar-refractivity contribution is 6.14. The summed E-state index contributed by atoms with van der Waals surface area (Å²) in [6.45, 7) is 0. The zero-order chi connectivity index (χ0) is 57.4. The van der Waals surface area contributed by atoms with Crippen molar-refractivity contribution < 1.29 is 0 Å². The van der Waals surface area contributed by atoms with E-state index in [2.05, 4.69) is 293 Å². The van der Waals surface area contributed by atoms with Crippen molar-refractivity contribution in [3.8, 4) is 95.7 Å². The Balaban J connectivity index is 1.02. The summed E-state index contributed by atoms with van der Waals surface area (Å²) in [7, 11) is 0. The van der Waals surface area contributed by atoms with Gasteiger partial charge in [0.05, 0.1) is 38.8 Å². The molecule has 6 heteroatoms. The topological polar surface area (TPSA) is 53.5 Å². The van der Waals surface area contributed by atoms with E-state index in [0.717, 1.165) is 122 Å². The standard InChI is InChI=1S/C81H52N6/c1-5-23-53(24-6-1)57-43-45-76-70(49-57)71-50-58(54-25-7-2-8-26-54)44-46-77(71)87(76)78-68(59-31-21-33-62(47-59)85-72-39-17-13-35-64(72)65-36-14-18-40-73(65)85)51-61(81-83-79(55-27-9-3-10-28-55)82-80(84-81)56-29-11-4-12-30-56)52-69(78)60-32-22-34-63(48-60)86-74-41-19-15-37-66(74)67-38-16-20-42-75(67)86/h1-52H. The third kappa shape index (κ3) is 8.45. The fourth-order valence-electron chi connectivity index (χ4n) is 13.3. The molecule has 0 aliphatic rings. The van der Waals surface area contributed by atoms with Gasteiger partial charge in [0.1, 0.15) is 0 Å². The number of fused-ring (bicyclic) bond motifs is 9. The fraction of sp³-hybridized carbons (Fsp3) is 0. The normalized spacial score (nSPS) is 11.7.